The van der Waals surface area contributed by atoms with E-state index in [-0.39, 0.29) is 18.1 Å². The number of carbonyl (C=O) groups is 1. The van der Waals surface area contributed by atoms with Crippen LogP contribution < -0.4 is 5.73 Å². The first-order valence-electron chi connectivity index (χ1n) is 9.22. The minimum Gasteiger partial charge on any atom is -0.444 e. The topological polar surface area (TPSA) is 55.6 Å². The number of hydrogen-bond donors (Lipinski definition) is 1. The Balaban J connectivity index is 1.71. The molecule has 1 fully saturated rings. The van der Waals surface area contributed by atoms with E-state index in [2.05, 4.69) is 36.4 Å². The van der Waals surface area contributed by atoms with Gasteiger partial charge in [-0.1, -0.05) is 54.6 Å². The number of likely N-dealkylation sites (tertiary alicyclic amines) is 1. The predicted octanol–water partition coefficient (Wildman–Crippen LogP) is 4.41. The van der Waals surface area contributed by atoms with Crippen LogP contribution in [0.15, 0.2) is 54.6 Å². The third-order valence-corrected chi connectivity index (χ3v) is 4.73. The zero-order valence-electron chi connectivity index (χ0n) is 15.8. The van der Waals surface area contributed by atoms with Gasteiger partial charge in [0.05, 0.1) is 0 Å². The summed E-state index contributed by atoms with van der Waals surface area (Å²) in [4.78, 5) is 14.0. The second-order valence-electron chi connectivity index (χ2n) is 7.98. The van der Waals surface area contributed by atoms with Crippen LogP contribution in [0.5, 0.6) is 0 Å². The van der Waals surface area contributed by atoms with Crippen molar-refractivity contribution < 1.29 is 9.53 Å². The number of nitrogens with zero attached hydrogens (tertiary/aromatic N) is 1. The number of hydrogen-bond acceptors (Lipinski definition) is 3. The van der Waals surface area contributed by atoms with Crippen molar-refractivity contribution in [2.24, 2.45) is 5.73 Å². The Morgan fingerprint density at radius 2 is 1.77 bits per heavy atom. The lowest BCUT2D eigenvalue weighted by molar-refractivity contribution is 0.0186. The fourth-order valence-electron chi connectivity index (χ4n) is 3.47. The fourth-order valence-corrected chi connectivity index (χ4v) is 3.47. The van der Waals surface area contributed by atoms with Crippen molar-refractivity contribution in [2.75, 3.05) is 13.1 Å². The number of nitrogens with two attached hydrogens (primary N) is 1. The highest BCUT2D eigenvalue weighted by Crippen LogP contribution is 2.31. The highest BCUT2D eigenvalue weighted by molar-refractivity contribution is 5.68. The Morgan fingerprint density at radius 1 is 1.08 bits per heavy atom. The van der Waals surface area contributed by atoms with Crippen LogP contribution in [-0.4, -0.2) is 35.7 Å². The van der Waals surface area contributed by atoms with E-state index in [0.717, 1.165) is 6.42 Å². The Bertz CT molecular complexity index is 752. The average Bonchev–Trinajstić information content (AvgIpc) is 2.61. The zero-order valence-corrected chi connectivity index (χ0v) is 15.8. The molecule has 2 N–H and O–H groups in total. The lowest BCUT2D eigenvalue weighted by atomic mass is 9.84. The van der Waals surface area contributed by atoms with E-state index in [4.69, 9.17) is 10.5 Å². The summed E-state index contributed by atoms with van der Waals surface area (Å²) in [6, 6.07) is 18.8. The second-order valence-corrected chi connectivity index (χ2v) is 7.98. The van der Waals surface area contributed by atoms with Gasteiger partial charge in [-0.25, -0.2) is 4.79 Å². The Hall–Kier alpha value is -2.33. The molecule has 0 bridgehead atoms. The third-order valence-electron chi connectivity index (χ3n) is 4.73. The van der Waals surface area contributed by atoms with Gasteiger partial charge in [0, 0.05) is 25.0 Å². The van der Waals surface area contributed by atoms with Crippen LogP contribution in [0, 0.1) is 0 Å². The van der Waals surface area contributed by atoms with E-state index in [1.807, 2.05) is 39.0 Å². The van der Waals surface area contributed by atoms with Crippen LogP contribution >= 0.6 is 0 Å². The fraction of sp³-hybridized carbons (Fsp3) is 0.409. The quantitative estimate of drug-likeness (QED) is 0.871. The standard InChI is InChI=1S/C22H28N2O2/c1-22(2,3)26-21(25)24-13-12-19(20(23)15-24)18-11-7-10-17(14-18)16-8-5-4-6-9-16/h4-11,14,19-20H,12-13,15,23H2,1-3H3/t19-,20?/m1/s1. The maximum absolute atomic E-state index is 12.3. The van der Waals surface area contributed by atoms with Gasteiger partial charge in [0.25, 0.3) is 0 Å². The molecule has 1 unspecified atom stereocenters. The normalized spacial score (nSPS) is 20.7. The van der Waals surface area contributed by atoms with Crippen molar-refractivity contribution in [1.82, 2.24) is 4.90 Å². The van der Waals surface area contributed by atoms with Gasteiger partial charge >= 0.3 is 6.09 Å². The van der Waals surface area contributed by atoms with E-state index in [1.54, 1.807) is 4.90 Å². The summed E-state index contributed by atoms with van der Waals surface area (Å²) < 4.78 is 5.47. The summed E-state index contributed by atoms with van der Waals surface area (Å²) in [6.07, 6.45) is 0.572. The number of rotatable bonds is 2. The van der Waals surface area contributed by atoms with Crippen molar-refractivity contribution in [3.63, 3.8) is 0 Å². The summed E-state index contributed by atoms with van der Waals surface area (Å²) in [7, 11) is 0. The number of carbonyl (C=O) groups excluding carboxylic acids is 1. The molecular weight excluding hydrogens is 324 g/mol. The molecule has 2 aromatic rings. The molecule has 1 amide bonds. The minimum absolute atomic E-state index is 0.0951. The van der Waals surface area contributed by atoms with Crippen LogP contribution in [0.25, 0.3) is 11.1 Å². The first-order valence-corrected chi connectivity index (χ1v) is 9.22. The molecular formula is C22H28N2O2. The number of piperidine rings is 1. The van der Waals surface area contributed by atoms with E-state index < -0.39 is 5.60 Å². The monoisotopic (exact) mass is 352 g/mol. The van der Waals surface area contributed by atoms with Crippen molar-refractivity contribution in [1.29, 1.82) is 0 Å². The first kappa shape index (κ1) is 18.5. The molecule has 0 spiro atoms. The molecule has 0 aliphatic carbocycles. The minimum atomic E-state index is -0.484. The highest BCUT2D eigenvalue weighted by atomic mass is 16.6. The lowest BCUT2D eigenvalue weighted by Gasteiger charge is -2.37. The molecule has 0 aromatic heterocycles. The van der Waals surface area contributed by atoms with Gasteiger partial charge in [-0.05, 0) is 43.9 Å². The van der Waals surface area contributed by atoms with Gasteiger partial charge < -0.3 is 15.4 Å². The van der Waals surface area contributed by atoms with Crippen LogP contribution in [-0.2, 0) is 4.74 Å². The molecule has 26 heavy (non-hydrogen) atoms. The van der Waals surface area contributed by atoms with Gasteiger partial charge in [0.2, 0.25) is 0 Å². The molecule has 1 aliphatic heterocycles. The maximum Gasteiger partial charge on any atom is 0.410 e. The van der Waals surface area contributed by atoms with E-state index in [0.29, 0.717) is 13.1 Å². The molecule has 1 heterocycles. The van der Waals surface area contributed by atoms with Crippen LogP contribution in [0.2, 0.25) is 0 Å². The summed E-state index contributed by atoms with van der Waals surface area (Å²) in [6.45, 7) is 6.84. The second kappa shape index (κ2) is 7.50. The SMILES string of the molecule is CC(C)(C)OC(=O)N1CC[C@H](c2cccc(-c3ccccc3)c2)C(N)C1. The van der Waals surface area contributed by atoms with Gasteiger partial charge in [-0.3, -0.25) is 0 Å². The molecule has 1 saturated heterocycles. The Morgan fingerprint density at radius 3 is 2.42 bits per heavy atom. The molecule has 2 aromatic carbocycles. The third kappa shape index (κ3) is 4.44. The van der Waals surface area contributed by atoms with Crippen LogP contribution in [0.4, 0.5) is 4.79 Å². The maximum atomic E-state index is 12.3. The van der Waals surface area contributed by atoms with Crippen LogP contribution in [0.3, 0.4) is 0 Å². The molecule has 1 aliphatic rings. The summed E-state index contributed by atoms with van der Waals surface area (Å²) >= 11 is 0. The summed E-state index contributed by atoms with van der Waals surface area (Å²) in [5.74, 6) is 0.248. The smallest absolute Gasteiger partial charge is 0.410 e. The van der Waals surface area contributed by atoms with Gasteiger partial charge in [0.1, 0.15) is 5.60 Å². The van der Waals surface area contributed by atoms with Crippen molar-refractivity contribution >= 4 is 6.09 Å². The largest absolute Gasteiger partial charge is 0.444 e. The van der Waals surface area contributed by atoms with Gasteiger partial charge in [-0.15, -0.1) is 0 Å². The summed E-state index contributed by atoms with van der Waals surface area (Å²) in [5.41, 5.74) is 9.60. The molecule has 0 radical (unpaired) electrons. The Labute approximate surface area is 156 Å². The highest BCUT2D eigenvalue weighted by Gasteiger charge is 2.32. The Kier molecular flexibility index (Phi) is 5.33. The number of amides is 1. The molecule has 4 heteroatoms. The van der Waals surface area contributed by atoms with Crippen molar-refractivity contribution in [3.8, 4) is 11.1 Å². The summed E-state index contributed by atoms with van der Waals surface area (Å²) in [5, 5.41) is 0. The van der Waals surface area contributed by atoms with E-state index >= 15 is 0 Å². The molecule has 2 atom stereocenters. The number of benzene rings is 2. The molecule has 138 valence electrons. The average molecular weight is 352 g/mol. The molecule has 4 nitrogen and oxygen atoms in total. The molecule has 0 saturated carbocycles. The van der Waals surface area contributed by atoms with Crippen molar-refractivity contribution in [3.05, 3.63) is 60.2 Å². The van der Waals surface area contributed by atoms with Gasteiger partial charge in [0.15, 0.2) is 0 Å². The number of ether oxygens (including phenoxy) is 1. The lowest BCUT2D eigenvalue weighted by Crippen LogP contribution is -2.50. The van der Waals surface area contributed by atoms with Gasteiger partial charge in [-0.2, -0.15) is 0 Å². The zero-order chi connectivity index (χ0) is 18.7. The first-order chi connectivity index (χ1) is 12.3. The van der Waals surface area contributed by atoms with E-state index in [1.165, 1.54) is 16.7 Å². The predicted molar refractivity (Wildman–Crippen MR) is 105 cm³/mol. The van der Waals surface area contributed by atoms with E-state index in [9.17, 15) is 4.79 Å². The molecule has 3 rings (SSSR count). The van der Waals surface area contributed by atoms with Crippen molar-refractivity contribution in [2.45, 2.75) is 44.8 Å². The van der Waals surface area contributed by atoms with Crippen LogP contribution in [0.1, 0.15) is 38.7 Å².